The van der Waals surface area contributed by atoms with Crippen LogP contribution >= 0.6 is 0 Å². The molecule has 1 aromatic carbocycles. The van der Waals surface area contributed by atoms with Crippen LogP contribution < -0.4 is 0 Å². The molecule has 0 saturated carbocycles. The van der Waals surface area contributed by atoms with E-state index in [-0.39, 0.29) is 4.90 Å². The molecule has 2 aromatic rings. The predicted octanol–water partition coefficient (Wildman–Crippen LogP) is 2.10. The van der Waals surface area contributed by atoms with Gasteiger partial charge >= 0.3 is 0 Å². The lowest BCUT2D eigenvalue weighted by molar-refractivity contribution is 0.398. The molecule has 0 unspecified atom stereocenters. The van der Waals surface area contributed by atoms with Gasteiger partial charge in [0.15, 0.2) is 0 Å². The molecule has 0 amide bonds. The second-order valence-corrected chi connectivity index (χ2v) is 4.67. The van der Waals surface area contributed by atoms with Crippen molar-refractivity contribution in [3.8, 4) is 0 Å². The smallest absolute Gasteiger partial charge is 0.270 e. The van der Waals surface area contributed by atoms with Crippen LogP contribution in [0.1, 0.15) is 0 Å². The SMILES string of the molecule is COS(=O)(=O)c1ccccc1.c1ccncc1. The molecule has 1 aromatic heterocycles. The molecule has 0 aliphatic rings. The summed E-state index contributed by atoms with van der Waals surface area (Å²) in [4.78, 5) is 3.97. The molecule has 0 aliphatic carbocycles. The largest absolute Gasteiger partial charge is 0.296 e. The maximum atomic E-state index is 11.0. The monoisotopic (exact) mass is 251 g/mol. The van der Waals surface area contributed by atoms with Crippen molar-refractivity contribution in [3.63, 3.8) is 0 Å². The highest BCUT2D eigenvalue weighted by Crippen LogP contribution is 2.09. The van der Waals surface area contributed by atoms with Crippen LogP contribution in [0.2, 0.25) is 0 Å². The standard InChI is InChI=1S/C7H8O3S.C5H5N/c1-10-11(8,9)7-5-3-2-4-6-7;1-2-4-6-5-3-1/h2-6H,1H3;1-5H. The summed E-state index contributed by atoms with van der Waals surface area (Å²) in [5, 5.41) is 0. The van der Waals surface area contributed by atoms with Gasteiger partial charge in [0, 0.05) is 12.4 Å². The fourth-order valence-corrected chi connectivity index (χ4v) is 1.68. The molecule has 1 heterocycles. The Balaban J connectivity index is 0.000000202. The van der Waals surface area contributed by atoms with E-state index in [0.717, 1.165) is 7.11 Å². The van der Waals surface area contributed by atoms with Gasteiger partial charge in [0.1, 0.15) is 0 Å². The van der Waals surface area contributed by atoms with Crippen molar-refractivity contribution in [1.29, 1.82) is 0 Å². The van der Waals surface area contributed by atoms with Crippen molar-refractivity contribution >= 4 is 10.1 Å². The Hall–Kier alpha value is -1.72. The number of aromatic nitrogens is 1. The van der Waals surface area contributed by atoms with Crippen LogP contribution in [0.5, 0.6) is 0 Å². The first-order valence-corrected chi connectivity index (χ1v) is 6.28. The molecule has 0 atom stereocenters. The topological polar surface area (TPSA) is 56.3 Å². The van der Waals surface area contributed by atoms with Gasteiger partial charge in [-0.05, 0) is 24.3 Å². The molecular weight excluding hydrogens is 238 g/mol. The van der Waals surface area contributed by atoms with Gasteiger partial charge < -0.3 is 0 Å². The van der Waals surface area contributed by atoms with E-state index in [4.69, 9.17) is 0 Å². The summed E-state index contributed by atoms with van der Waals surface area (Å²) >= 11 is 0. The minimum absolute atomic E-state index is 0.183. The van der Waals surface area contributed by atoms with Crippen LogP contribution in [-0.2, 0) is 14.3 Å². The van der Waals surface area contributed by atoms with Gasteiger partial charge in [0.2, 0.25) is 0 Å². The first-order chi connectivity index (χ1) is 8.17. The molecule has 0 radical (unpaired) electrons. The van der Waals surface area contributed by atoms with Crippen molar-refractivity contribution < 1.29 is 12.6 Å². The number of rotatable bonds is 2. The van der Waals surface area contributed by atoms with E-state index in [1.54, 1.807) is 30.6 Å². The summed E-state index contributed by atoms with van der Waals surface area (Å²) in [6, 6.07) is 13.7. The van der Waals surface area contributed by atoms with Crippen molar-refractivity contribution in [2.75, 3.05) is 7.11 Å². The maximum Gasteiger partial charge on any atom is 0.296 e. The molecule has 0 aliphatic heterocycles. The summed E-state index contributed by atoms with van der Waals surface area (Å²) in [7, 11) is -2.36. The van der Waals surface area contributed by atoms with Gasteiger partial charge in [0.05, 0.1) is 12.0 Å². The molecule has 17 heavy (non-hydrogen) atoms. The third-order valence-corrected chi connectivity index (χ3v) is 3.11. The van der Waals surface area contributed by atoms with E-state index >= 15 is 0 Å². The van der Waals surface area contributed by atoms with Gasteiger partial charge in [-0.25, -0.2) is 0 Å². The zero-order valence-corrected chi connectivity index (χ0v) is 10.2. The lowest BCUT2D eigenvalue weighted by atomic mass is 10.4. The first kappa shape index (κ1) is 13.3. The van der Waals surface area contributed by atoms with Crippen molar-refractivity contribution in [3.05, 3.63) is 60.9 Å². The molecule has 0 spiro atoms. The fraction of sp³-hybridized carbons (Fsp3) is 0.0833. The average molecular weight is 251 g/mol. The summed E-state index contributed by atoms with van der Waals surface area (Å²) in [5.41, 5.74) is 0. The second kappa shape index (κ2) is 6.78. The Kier molecular flexibility index (Phi) is 5.32. The van der Waals surface area contributed by atoms with Gasteiger partial charge in [-0.3, -0.25) is 9.17 Å². The molecule has 0 saturated heterocycles. The van der Waals surface area contributed by atoms with Gasteiger partial charge in [0.25, 0.3) is 10.1 Å². The Bertz CT molecular complexity index is 485. The number of benzene rings is 1. The van der Waals surface area contributed by atoms with Crippen molar-refractivity contribution in [1.82, 2.24) is 4.98 Å². The number of pyridine rings is 1. The Morgan fingerprint density at radius 1 is 0.941 bits per heavy atom. The minimum atomic E-state index is -3.50. The minimum Gasteiger partial charge on any atom is -0.270 e. The van der Waals surface area contributed by atoms with Crippen LogP contribution in [-0.4, -0.2) is 20.5 Å². The highest BCUT2D eigenvalue weighted by molar-refractivity contribution is 7.86. The number of nitrogens with zero attached hydrogens (tertiary/aromatic N) is 1. The van der Waals surface area contributed by atoms with Gasteiger partial charge in [-0.1, -0.05) is 24.3 Å². The quantitative estimate of drug-likeness (QED) is 0.767. The first-order valence-electron chi connectivity index (χ1n) is 4.87. The normalized spacial score (nSPS) is 10.2. The summed E-state index contributed by atoms with van der Waals surface area (Å²) < 4.78 is 26.3. The van der Waals surface area contributed by atoms with Crippen LogP contribution in [0.3, 0.4) is 0 Å². The molecular formula is C12H13NO3S. The van der Waals surface area contributed by atoms with Crippen molar-refractivity contribution in [2.45, 2.75) is 4.90 Å². The molecule has 0 fully saturated rings. The summed E-state index contributed by atoms with van der Waals surface area (Å²) in [6.07, 6.45) is 3.50. The third kappa shape index (κ3) is 4.76. The molecule has 90 valence electrons. The van der Waals surface area contributed by atoms with E-state index in [9.17, 15) is 8.42 Å². The van der Waals surface area contributed by atoms with E-state index in [1.165, 1.54) is 12.1 Å². The maximum absolute atomic E-state index is 11.0. The third-order valence-electron chi connectivity index (χ3n) is 1.82. The zero-order valence-electron chi connectivity index (χ0n) is 9.35. The molecule has 2 rings (SSSR count). The van der Waals surface area contributed by atoms with Crippen LogP contribution in [0, 0.1) is 0 Å². The van der Waals surface area contributed by atoms with Crippen LogP contribution in [0.25, 0.3) is 0 Å². The number of hydrogen-bond donors (Lipinski definition) is 0. The molecule has 4 nitrogen and oxygen atoms in total. The Labute approximate surface area is 101 Å². The lowest BCUT2D eigenvalue weighted by Crippen LogP contribution is -2.01. The number of hydrogen-bond acceptors (Lipinski definition) is 4. The van der Waals surface area contributed by atoms with Crippen LogP contribution in [0.15, 0.2) is 65.8 Å². The van der Waals surface area contributed by atoms with Gasteiger partial charge in [-0.15, -0.1) is 0 Å². The average Bonchev–Trinajstić information content (AvgIpc) is 2.42. The van der Waals surface area contributed by atoms with E-state index in [1.807, 2.05) is 18.2 Å². The van der Waals surface area contributed by atoms with E-state index < -0.39 is 10.1 Å². The Morgan fingerprint density at radius 3 is 1.82 bits per heavy atom. The highest BCUT2D eigenvalue weighted by Gasteiger charge is 2.10. The molecule has 0 N–H and O–H groups in total. The van der Waals surface area contributed by atoms with Crippen molar-refractivity contribution in [2.24, 2.45) is 0 Å². The zero-order chi connectivity index (χ0) is 12.6. The predicted molar refractivity (Wildman–Crippen MR) is 64.9 cm³/mol. The summed E-state index contributed by atoms with van der Waals surface area (Å²) in [5.74, 6) is 0. The van der Waals surface area contributed by atoms with Gasteiger partial charge in [-0.2, -0.15) is 8.42 Å². The van der Waals surface area contributed by atoms with E-state index in [0.29, 0.717) is 0 Å². The second-order valence-electron chi connectivity index (χ2n) is 2.96. The van der Waals surface area contributed by atoms with Crippen LogP contribution in [0.4, 0.5) is 0 Å². The Morgan fingerprint density at radius 2 is 1.47 bits per heavy atom. The van der Waals surface area contributed by atoms with E-state index in [2.05, 4.69) is 9.17 Å². The highest BCUT2D eigenvalue weighted by atomic mass is 32.2. The summed E-state index contributed by atoms with van der Waals surface area (Å²) in [6.45, 7) is 0. The molecule has 0 bridgehead atoms. The lowest BCUT2D eigenvalue weighted by Gasteiger charge is -1.98. The fourth-order valence-electron chi connectivity index (χ4n) is 0.996. The molecule has 5 heteroatoms.